The van der Waals surface area contributed by atoms with E-state index in [1.807, 2.05) is 31.2 Å². The van der Waals surface area contributed by atoms with Crippen molar-refractivity contribution in [3.63, 3.8) is 0 Å². The summed E-state index contributed by atoms with van der Waals surface area (Å²) in [6, 6.07) is 16.7. The van der Waals surface area contributed by atoms with Crippen LogP contribution in [0.1, 0.15) is 16.7 Å². The molecule has 3 aromatic rings. The zero-order valence-corrected chi connectivity index (χ0v) is 20.9. The molecule has 1 heterocycles. The van der Waals surface area contributed by atoms with E-state index in [4.69, 9.17) is 32.7 Å². The van der Waals surface area contributed by atoms with E-state index in [0.29, 0.717) is 33.7 Å². The molecule has 9 heteroatoms. The van der Waals surface area contributed by atoms with Crippen LogP contribution in [0.15, 0.2) is 65.6 Å². The molecule has 2 amide bonds. The maximum absolute atomic E-state index is 13.0. The van der Waals surface area contributed by atoms with Crippen LogP contribution in [0, 0.1) is 12.7 Å². The predicted molar refractivity (Wildman–Crippen MR) is 137 cm³/mol. The average Bonchev–Trinajstić information content (AvgIpc) is 3.08. The highest BCUT2D eigenvalue weighted by molar-refractivity contribution is 8.18. The maximum Gasteiger partial charge on any atom is 0.293 e. The number of rotatable bonds is 8. The number of imide groups is 1. The van der Waals surface area contributed by atoms with Crippen molar-refractivity contribution in [1.82, 2.24) is 4.90 Å². The van der Waals surface area contributed by atoms with Gasteiger partial charge in [-0.05, 0) is 72.3 Å². The van der Waals surface area contributed by atoms with Crippen molar-refractivity contribution in [3.05, 3.63) is 98.1 Å². The van der Waals surface area contributed by atoms with Gasteiger partial charge in [0.15, 0.2) is 5.75 Å². The molecule has 0 unspecified atom stereocenters. The summed E-state index contributed by atoms with van der Waals surface area (Å²) in [7, 11) is 0. The predicted octanol–water partition coefficient (Wildman–Crippen LogP) is 7.14. The third-order valence-electron chi connectivity index (χ3n) is 5.09. The van der Waals surface area contributed by atoms with Gasteiger partial charge in [0.05, 0.1) is 21.5 Å². The number of aryl methyl sites for hydroxylation is 1. The molecule has 0 atom stereocenters. The monoisotopic (exact) mass is 531 g/mol. The normalized spacial score (nSPS) is 14.6. The van der Waals surface area contributed by atoms with Gasteiger partial charge in [0.2, 0.25) is 0 Å². The van der Waals surface area contributed by atoms with E-state index < -0.39 is 11.1 Å². The zero-order valence-electron chi connectivity index (χ0n) is 18.6. The number of ether oxygens (including phenoxy) is 2. The third kappa shape index (κ3) is 6.36. The van der Waals surface area contributed by atoms with Crippen LogP contribution in [0.4, 0.5) is 9.18 Å². The highest BCUT2D eigenvalue weighted by Crippen LogP contribution is 2.37. The van der Waals surface area contributed by atoms with Crippen LogP contribution in [0.5, 0.6) is 11.5 Å². The van der Waals surface area contributed by atoms with Gasteiger partial charge in [-0.15, -0.1) is 0 Å². The lowest BCUT2D eigenvalue weighted by Crippen LogP contribution is -2.32. The Hall–Kier alpha value is -3.00. The minimum atomic E-state index is -0.436. The minimum absolute atomic E-state index is 0.0622. The van der Waals surface area contributed by atoms with Gasteiger partial charge in [-0.3, -0.25) is 14.5 Å². The second-order valence-electron chi connectivity index (χ2n) is 7.72. The molecule has 5 nitrogen and oxygen atoms in total. The van der Waals surface area contributed by atoms with Crippen LogP contribution in [-0.2, 0) is 11.4 Å². The van der Waals surface area contributed by atoms with Crippen LogP contribution >= 0.6 is 35.0 Å². The van der Waals surface area contributed by atoms with E-state index in [1.54, 1.807) is 18.2 Å². The highest BCUT2D eigenvalue weighted by Gasteiger charge is 2.34. The maximum atomic E-state index is 13.0. The molecule has 0 aromatic heterocycles. The minimum Gasteiger partial charge on any atom is -0.492 e. The Morgan fingerprint density at radius 2 is 1.63 bits per heavy atom. The van der Waals surface area contributed by atoms with Crippen molar-refractivity contribution in [3.8, 4) is 11.5 Å². The lowest BCUT2D eigenvalue weighted by molar-refractivity contribution is -0.123. The molecule has 1 fully saturated rings. The quantitative estimate of drug-likeness (QED) is 0.289. The number of carbonyl (C=O) groups is 2. The second kappa shape index (κ2) is 11.2. The van der Waals surface area contributed by atoms with E-state index in [2.05, 4.69) is 0 Å². The summed E-state index contributed by atoms with van der Waals surface area (Å²) in [5, 5.41) is 0.185. The lowest BCUT2D eigenvalue weighted by Gasteiger charge is -2.13. The first-order chi connectivity index (χ1) is 16.8. The van der Waals surface area contributed by atoms with Gasteiger partial charge >= 0.3 is 0 Å². The Bertz CT molecular complexity index is 1260. The first-order valence-corrected chi connectivity index (χ1v) is 12.2. The summed E-state index contributed by atoms with van der Waals surface area (Å²) in [5.74, 6) is -0.0193. The SMILES string of the molecule is Cc1ccc(COc2c(Cl)cc(/C=C3\SC(=O)N(CCOc4ccc(F)cc4)C3=O)cc2Cl)cc1. The standard InChI is InChI=1S/C26H20Cl2FNO4S/c1-16-2-4-17(5-3-16)15-34-24-21(27)12-18(13-22(24)28)14-23-25(31)30(26(32)35-23)10-11-33-20-8-6-19(29)7-9-20/h2-9,12-14H,10-11,15H2,1H3/b23-14-. The molecule has 1 aliphatic rings. The molecule has 0 radical (unpaired) electrons. The highest BCUT2D eigenvalue weighted by atomic mass is 35.5. The van der Waals surface area contributed by atoms with Crippen molar-refractivity contribution in [2.45, 2.75) is 13.5 Å². The van der Waals surface area contributed by atoms with Crippen molar-refractivity contribution >= 4 is 52.2 Å². The van der Waals surface area contributed by atoms with E-state index in [1.165, 1.54) is 24.3 Å². The molecule has 3 aromatic carbocycles. The Kier molecular flexibility index (Phi) is 8.00. The van der Waals surface area contributed by atoms with Crippen LogP contribution in [-0.4, -0.2) is 29.2 Å². The van der Waals surface area contributed by atoms with Gasteiger partial charge in [-0.1, -0.05) is 53.0 Å². The molecule has 35 heavy (non-hydrogen) atoms. The fourth-order valence-electron chi connectivity index (χ4n) is 3.27. The smallest absolute Gasteiger partial charge is 0.293 e. The molecule has 1 aliphatic heterocycles. The number of benzene rings is 3. The van der Waals surface area contributed by atoms with E-state index in [9.17, 15) is 14.0 Å². The first kappa shape index (κ1) is 25.1. The van der Waals surface area contributed by atoms with Crippen molar-refractivity contribution in [2.24, 2.45) is 0 Å². The van der Waals surface area contributed by atoms with E-state index in [-0.39, 0.29) is 23.9 Å². The van der Waals surface area contributed by atoms with Gasteiger partial charge in [0, 0.05) is 0 Å². The summed E-state index contributed by atoms with van der Waals surface area (Å²) in [6.07, 6.45) is 1.56. The fourth-order valence-corrected chi connectivity index (χ4v) is 4.75. The molecule has 0 N–H and O–H groups in total. The Balaban J connectivity index is 1.40. The topological polar surface area (TPSA) is 55.8 Å². The molecule has 0 aliphatic carbocycles. The Morgan fingerprint density at radius 3 is 2.29 bits per heavy atom. The van der Waals surface area contributed by atoms with Gasteiger partial charge in [-0.25, -0.2) is 4.39 Å². The van der Waals surface area contributed by atoms with Crippen molar-refractivity contribution in [2.75, 3.05) is 13.2 Å². The summed E-state index contributed by atoms with van der Waals surface area (Å²) in [4.78, 5) is 26.4. The second-order valence-corrected chi connectivity index (χ2v) is 9.53. The molecular weight excluding hydrogens is 512 g/mol. The van der Waals surface area contributed by atoms with Gasteiger partial charge in [0.1, 0.15) is 24.8 Å². The average molecular weight is 532 g/mol. The van der Waals surface area contributed by atoms with Crippen LogP contribution < -0.4 is 9.47 Å². The number of nitrogens with zero attached hydrogens (tertiary/aromatic N) is 1. The summed E-state index contributed by atoms with van der Waals surface area (Å²) >= 11 is 13.6. The lowest BCUT2D eigenvalue weighted by atomic mass is 10.1. The largest absolute Gasteiger partial charge is 0.492 e. The Labute approximate surface area is 216 Å². The number of thioether (sulfide) groups is 1. The number of hydrogen-bond acceptors (Lipinski definition) is 5. The molecule has 0 saturated carbocycles. The summed E-state index contributed by atoms with van der Waals surface area (Å²) in [6.45, 7) is 2.46. The van der Waals surface area contributed by atoms with Crippen molar-refractivity contribution < 1.29 is 23.5 Å². The summed E-state index contributed by atoms with van der Waals surface area (Å²) < 4.78 is 24.3. The Morgan fingerprint density at radius 1 is 0.971 bits per heavy atom. The number of amides is 2. The summed E-state index contributed by atoms with van der Waals surface area (Å²) in [5.41, 5.74) is 2.69. The zero-order chi connectivity index (χ0) is 24.9. The molecule has 1 saturated heterocycles. The van der Waals surface area contributed by atoms with Gasteiger partial charge in [-0.2, -0.15) is 0 Å². The van der Waals surface area contributed by atoms with Crippen LogP contribution in [0.25, 0.3) is 6.08 Å². The van der Waals surface area contributed by atoms with Crippen LogP contribution in [0.2, 0.25) is 10.0 Å². The van der Waals surface area contributed by atoms with Gasteiger partial charge in [0.25, 0.3) is 11.1 Å². The molecule has 0 spiro atoms. The molecule has 0 bridgehead atoms. The molecular formula is C26H20Cl2FNO4S. The van der Waals surface area contributed by atoms with Gasteiger partial charge < -0.3 is 9.47 Å². The third-order valence-corrected chi connectivity index (χ3v) is 6.56. The van der Waals surface area contributed by atoms with Crippen LogP contribution in [0.3, 0.4) is 0 Å². The molecule has 4 rings (SSSR count). The molecule has 180 valence electrons. The number of carbonyl (C=O) groups excluding carboxylic acids is 2. The number of halogens is 3. The fraction of sp³-hybridized carbons (Fsp3) is 0.154. The van der Waals surface area contributed by atoms with E-state index >= 15 is 0 Å². The van der Waals surface area contributed by atoms with E-state index in [0.717, 1.165) is 27.8 Å². The van der Waals surface area contributed by atoms with Crippen molar-refractivity contribution in [1.29, 1.82) is 0 Å². The number of hydrogen-bond donors (Lipinski definition) is 0. The first-order valence-electron chi connectivity index (χ1n) is 10.6.